The van der Waals surface area contributed by atoms with E-state index in [1.54, 1.807) is 32.0 Å². The molecule has 116 valence electrons. The number of fused-ring (bicyclic) bond motifs is 1. The number of hydrogen-bond donors (Lipinski definition) is 1. The maximum atomic E-state index is 13.7. The molecule has 0 amide bonds. The summed E-state index contributed by atoms with van der Waals surface area (Å²) in [7, 11) is -3.34. The van der Waals surface area contributed by atoms with Crippen molar-refractivity contribution in [1.82, 2.24) is 5.32 Å². The first-order valence-electron chi connectivity index (χ1n) is 6.79. The van der Waals surface area contributed by atoms with Gasteiger partial charge >= 0.3 is 0 Å². The maximum Gasteiger partial charge on any atom is 0.169 e. The van der Waals surface area contributed by atoms with E-state index in [1.807, 2.05) is 6.92 Å². The van der Waals surface area contributed by atoms with Crippen LogP contribution in [0.25, 0.3) is 11.0 Å². The lowest BCUT2D eigenvalue weighted by molar-refractivity contribution is 0.364. The van der Waals surface area contributed by atoms with E-state index in [9.17, 15) is 12.8 Å². The van der Waals surface area contributed by atoms with Crippen LogP contribution in [0, 0.1) is 5.82 Å². The summed E-state index contributed by atoms with van der Waals surface area (Å²) in [6, 6.07) is 5.80. The molecule has 1 N–H and O–H groups in total. The van der Waals surface area contributed by atoms with Crippen molar-refractivity contribution in [2.24, 2.45) is 0 Å². The van der Waals surface area contributed by atoms with Crippen LogP contribution in [-0.4, -0.2) is 26.0 Å². The lowest BCUT2D eigenvalue weighted by Gasteiger charge is -2.31. The molecule has 1 heterocycles. The Balaban J connectivity index is 2.58. The molecular formula is C15H20FNO3S. The van der Waals surface area contributed by atoms with Crippen LogP contribution in [-0.2, 0) is 9.84 Å². The third kappa shape index (κ3) is 2.82. The van der Waals surface area contributed by atoms with Crippen molar-refractivity contribution in [2.75, 3.05) is 12.8 Å². The van der Waals surface area contributed by atoms with Gasteiger partial charge in [0.2, 0.25) is 0 Å². The normalized spacial score (nSPS) is 14.5. The van der Waals surface area contributed by atoms with Gasteiger partial charge in [-0.3, -0.25) is 0 Å². The van der Waals surface area contributed by atoms with Gasteiger partial charge in [0.1, 0.15) is 5.76 Å². The number of hydrogen-bond acceptors (Lipinski definition) is 4. The fraction of sp³-hybridized carbons (Fsp3) is 0.467. The quantitative estimate of drug-likeness (QED) is 0.921. The van der Waals surface area contributed by atoms with Crippen LogP contribution in [0.3, 0.4) is 0 Å². The highest BCUT2D eigenvalue weighted by molar-refractivity contribution is 7.92. The van der Waals surface area contributed by atoms with Crippen molar-refractivity contribution in [2.45, 2.75) is 31.6 Å². The van der Waals surface area contributed by atoms with Gasteiger partial charge in [0.15, 0.2) is 21.2 Å². The number of benzene rings is 1. The molecule has 0 aliphatic rings. The van der Waals surface area contributed by atoms with Crippen LogP contribution in [0.4, 0.5) is 4.39 Å². The third-order valence-corrected chi connectivity index (χ3v) is 6.01. The summed E-state index contributed by atoms with van der Waals surface area (Å²) in [5, 5.41) is 3.75. The van der Waals surface area contributed by atoms with Crippen LogP contribution >= 0.6 is 0 Å². The molecule has 0 spiro atoms. The summed E-state index contributed by atoms with van der Waals surface area (Å²) in [5.41, 5.74) is 0.153. The van der Waals surface area contributed by atoms with Crippen molar-refractivity contribution >= 4 is 20.8 Å². The Labute approximate surface area is 124 Å². The van der Waals surface area contributed by atoms with Gasteiger partial charge in [0.05, 0.1) is 10.8 Å². The fourth-order valence-electron chi connectivity index (χ4n) is 2.30. The topological polar surface area (TPSA) is 59.3 Å². The van der Waals surface area contributed by atoms with E-state index in [0.29, 0.717) is 17.7 Å². The average molecular weight is 313 g/mol. The smallest absolute Gasteiger partial charge is 0.169 e. The van der Waals surface area contributed by atoms with Gasteiger partial charge < -0.3 is 9.73 Å². The van der Waals surface area contributed by atoms with E-state index in [2.05, 4.69) is 5.32 Å². The predicted octanol–water partition coefficient (Wildman–Crippen LogP) is 3.05. The summed E-state index contributed by atoms with van der Waals surface area (Å²) >= 11 is 0. The van der Waals surface area contributed by atoms with Gasteiger partial charge in [0, 0.05) is 11.6 Å². The first kappa shape index (κ1) is 16.0. The van der Waals surface area contributed by atoms with Crippen molar-refractivity contribution < 1.29 is 17.2 Å². The molecule has 4 nitrogen and oxygen atoms in total. The maximum absolute atomic E-state index is 13.7. The fourth-order valence-corrected chi connectivity index (χ4v) is 2.92. The third-order valence-electron chi connectivity index (χ3n) is 3.86. The lowest BCUT2D eigenvalue weighted by Crippen LogP contribution is -2.44. The van der Waals surface area contributed by atoms with Gasteiger partial charge in [-0.2, -0.15) is 0 Å². The number of furan rings is 1. The Morgan fingerprint density at radius 2 is 2.05 bits per heavy atom. The van der Waals surface area contributed by atoms with Crippen LogP contribution in [0.2, 0.25) is 0 Å². The molecule has 0 saturated heterocycles. The van der Waals surface area contributed by atoms with Crippen molar-refractivity contribution in [3.05, 3.63) is 35.8 Å². The summed E-state index contributed by atoms with van der Waals surface area (Å²) in [6.45, 7) is 5.73. The highest BCUT2D eigenvalue weighted by Gasteiger charge is 2.41. The molecule has 2 aromatic rings. The molecule has 0 bridgehead atoms. The number of halogens is 1. The number of rotatable bonds is 5. The van der Waals surface area contributed by atoms with Crippen LogP contribution in [0.15, 0.2) is 28.7 Å². The second-order valence-corrected chi connectivity index (χ2v) is 8.27. The molecule has 0 saturated carbocycles. The van der Waals surface area contributed by atoms with E-state index in [0.717, 1.165) is 0 Å². The molecule has 0 fully saturated rings. The summed E-state index contributed by atoms with van der Waals surface area (Å²) in [6.07, 6.45) is 1.20. The zero-order chi connectivity index (χ0) is 15.8. The second-order valence-electron chi connectivity index (χ2n) is 5.67. The van der Waals surface area contributed by atoms with Gasteiger partial charge in [-0.25, -0.2) is 12.8 Å². The highest BCUT2D eigenvalue weighted by Crippen LogP contribution is 2.35. The Morgan fingerprint density at radius 3 is 2.57 bits per heavy atom. The standard InChI is InChI=1S/C15H20FNO3S/c1-5-17-14(15(2,3)21(4,18)19)12-9-10-7-6-8-11(16)13(10)20-12/h6-9,14,17H,5H2,1-4H3. The van der Waals surface area contributed by atoms with Gasteiger partial charge in [0.25, 0.3) is 0 Å². The van der Waals surface area contributed by atoms with Crippen LogP contribution in [0.5, 0.6) is 0 Å². The molecule has 1 atom stereocenters. The summed E-state index contributed by atoms with van der Waals surface area (Å²) in [5.74, 6) is -0.0291. The van der Waals surface area contributed by atoms with Crippen molar-refractivity contribution in [1.29, 1.82) is 0 Å². The molecule has 0 aliphatic heterocycles. The molecule has 1 aromatic heterocycles. The molecule has 0 aliphatic carbocycles. The molecule has 0 radical (unpaired) electrons. The largest absolute Gasteiger partial charge is 0.456 e. The van der Waals surface area contributed by atoms with E-state index in [1.165, 1.54) is 12.3 Å². The van der Waals surface area contributed by atoms with E-state index in [4.69, 9.17) is 4.42 Å². The molecule has 6 heteroatoms. The lowest BCUT2D eigenvalue weighted by atomic mass is 10.0. The number of para-hydroxylation sites is 1. The molecular weight excluding hydrogens is 293 g/mol. The summed E-state index contributed by atoms with van der Waals surface area (Å²) < 4.78 is 42.4. The first-order valence-corrected chi connectivity index (χ1v) is 8.68. The Hall–Kier alpha value is -1.40. The predicted molar refractivity (Wildman–Crippen MR) is 81.5 cm³/mol. The van der Waals surface area contributed by atoms with E-state index in [-0.39, 0.29) is 5.58 Å². The minimum absolute atomic E-state index is 0.153. The highest BCUT2D eigenvalue weighted by atomic mass is 32.2. The van der Waals surface area contributed by atoms with Gasteiger partial charge in [-0.05, 0) is 32.5 Å². The van der Waals surface area contributed by atoms with E-state index < -0.39 is 26.4 Å². The first-order chi connectivity index (χ1) is 9.68. The molecule has 1 aromatic carbocycles. The average Bonchev–Trinajstić information content (AvgIpc) is 2.79. The monoisotopic (exact) mass is 313 g/mol. The van der Waals surface area contributed by atoms with Crippen molar-refractivity contribution in [3.8, 4) is 0 Å². The van der Waals surface area contributed by atoms with Crippen LogP contribution in [0.1, 0.15) is 32.6 Å². The number of nitrogens with one attached hydrogen (secondary N) is 1. The van der Waals surface area contributed by atoms with Gasteiger partial charge in [-0.1, -0.05) is 19.1 Å². The summed E-state index contributed by atoms with van der Waals surface area (Å²) in [4.78, 5) is 0. The van der Waals surface area contributed by atoms with Gasteiger partial charge in [-0.15, -0.1) is 0 Å². The zero-order valence-corrected chi connectivity index (χ0v) is 13.4. The van der Waals surface area contributed by atoms with Crippen molar-refractivity contribution in [3.63, 3.8) is 0 Å². The minimum atomic E-state index is -3.34. The minimum Gasteiger partial charge on any atom is -0.456 e. The number of sulfone groups is 1. The van der Waals surface area contributed by atoms with Crippen LogP contribution < -0.4 is 5.32 Å². The second kappa shape index (κ2) is 5.42. The van der Waals surface area contributed by atoms with E-state index >= 15 is 0 Å². The molecule has 21 heavy (non-hydrogen) atoms. The molecule has 2 rings (SSSR count). The zero-order valence-electron chi connectivity index (χ0n) is 12.6. The Morgan fingerprint density at radius 1 is 1.38 bits per heavy atom. The molecule has 1 unspecified atom stereocenters. The SMILES string of the molecule is CCNC(c1cc2cccc(F)c2o1)C(C)(C)S(C)(=O)=O. The Bertz CT molecular complexity index is 749. The Kier molecular flexibility index (Phi) is 4.13.